The van der Waals surface area contributed by atoms with Gasteiger partial charge >= 0.3 is 0 Å². The molecular formula is C57H37NS. The summed E-state index contributed by atoms with van der Waals surface area (Å²) >= 11 is 1.90. The van der Waals surface area contributed by atoms with Crippen LogP contribution in [0.15, 0.2) is 224 Å². The van der Waals surface area contributed by atoms with Gasteiger partial charge < -0.3 is 4.90 Å². The van der Waals surface area contributed by atoms with E-state index in [1.165, 1.54) is 91.9 Å². The maximum atomic E-state index is 2.50. The number of anilines is 3. The highest BCUT2D eigenvalue weighted by Crippen LogP contribution is 2.57. The van der Waals surface area contributed by atoms with Crippen molar-refractivity contribution >= 4 is 70.1 Å². The first kappa shape index (κ1) is 33.8. The minimum atomic E-state index is -0.461. The van der Waals surface area contributed by atoms with Crippen LogP contribution in [-0.4, -0.2) is 0 Å². The van der Waals surface area contributed by atoms with Crippen molar-refractivity contribution in [2.24, 2.45) is 0 Å². The molecule has 2 heteroatoms. The van der Waals surface area contributed by atoms with Gasteiger partial charge in [-0.3, -0.25) is 0 Å². The summed E-state index contributed by atoms with van der Waals surface area (Å²) in [6.07, 6.45) is 0. The van der Waals surface area contributed by atoms with E-state index in [2.05, 4.69) is 229 Å². The first-order chi connectivity index (χ1) is 29.3. The third-order valence-electron chi connectivity index (χ3n) is 12.5. The van der Waals surface area contributed by atoms with E-state index < -0.39 is 5.41 Å². The van der Waals surface area contributed by atoms with Crippen LogP contribution in [0.3, 0.4) is 0 Å². The molecule has 0 bridgehead atoms. The molecule has 1 heterocycles. The molecule has 0 N–H and O–H groups in total. The van der Waals surface area contributed by atoms with Gasteiger partial charge in [0.2, 0.25) is 0 Å². The number of thiophene rings is 1. The molecule has 0 spiro atoms. The molecule has 11 aromatic rings. The second kappa shape index (κ2) is 13.4. The minimum Gasteiger partial charge on any atom is -0.310 e. The third-order valence-corrected chi connectivity index (χ3v) is 13.7. The van der Waals surface area contributed by atoms with Crippen molar-refractivity contribution in [1.29, 1.82) is 0 Å². The molecule has 0 unspecified atom stereocenters. The van der Waals surface area contributed by atoms with Gasteiger partial charge in [0, 0.05) is 42.3 Å². The van der Waals surface area contributed by atoms with E-state index in [-0.39, 0.29) is 0 Å². The highest BCUT2D eigenvalue weighted by Gasteiger charge is 2.46. The van der Waals surface area contributed by atoms with Gasteiger partial charge in [0.1, 0.15) is 0 Å². The van der Waals surface area contributed by atoms with Crippen LogP contribution in [0, 0.1) is 0 Å². The van der Waals surface area contributed by atoms with E-state index >= 15 is 0 Å². The van der Waals surface area contributed by atoms with Crippen LogP contribution in [0.1, 0.15) is 22.3 Å². The standard InChI is InChI=1S/C57H37NS/c1-4-19-40(20-5-1)57(41-21-6-2-7-22-41)52-29-15-14-27-46(52)47-33-31-39(35-53(47)57)49-37-51-50-36-43(32-34-55(50)59-56(51)48-28-13-12-26-45(48)49)58(42-23-8-3-9-24-42)54-30-16-18-38-17-10-11-25-44(38)54/h1-37H. The van der Waals surface area contributed by atoms with Crippen LogP contribution in [0.25, 0.3) is 64.0 Å². The molecule has 0 aliphatic heterocycles. The quantitative estimate of drug-likeness (QED) is 0.163. The molecule has 0 atom stereocenters. The summed E-state index contributed by atoms with van der Waals surface area (Å²) in [5.41, 5.74) is 13.3. The lowest BCUT2D eigenvalue weighted by Crippen LogP contribution is -2.28. The van der Waals surface area contributed by atoms with E-state index in [9.17, 15) is 0 Å². The van der Waals surface area contributed by atoms with E-state index in [0.29, 0.717) is 0 Å². The van der Waals surface area contributed by atoms with E-state index in [1.807, 2.05) is 11.3 Å². The lowest BCUT2D eigenvalue weighted by atomic mass is 9.67. The van der Waals surface area contributed by atoms with Crippen molar-refractivity contribution in [3.8, 4) is 22.3 Å². The summed E-state index contributed by atoms with van der Waals surface area (Å²) in [7, 11) is 0. The molecule has 10 aromatic carbocycles. The highest BCUT2D eigenvalue weighted by molar-refractivity contribution is 7.26. The molecule has 1 aliphatic rings. The fourth-order valence-electron chi connectivity index (χ4n) is 9.98. The molecule has 1 aromatic heterocycles. The summed E-state index contributed by atoms with van der Waals surface area (Å²) in [5.74, 6) is 0. The van der Waals surface area contributed by atoms with Crippen LogP contribution in [-0.2, 0) is 5.41 Å². The Kier molecular flexibility index (Phi) is 7.69. The Morgan fingerprint density at radius 1 is 0.356 bits per heavy atom. The first-order valence-corrected chi connectivity index (χ1v) is 21.2. The Hall–Kier alpha value is -7.26. The Balaban J connectivity index is 1.11. The zero-order chi connectivity index (χ0) is 38.9. The van der Waals surface area contributed by atoms with Crippen molar-refractivity contribution in [3.63, 3.8) is 0 Å². The highest BCUT2D eigenvalue weighted by atomic mass is 32.1. The normalized spacial score (nSPS) is 12.9. The number of rotatable bonds is 6. The largest absolute Gasteiger partial charge is 0.310 e. The maximum absolute atomic E-state index is 2.50. The van der Waals surface area contributed by atoms with Crippen molar-refractivity contribution < 1.29 is 0 Å². The second-order valence-electron chi connectivity index (χ2n) is 15.6. The Bertz CT molecular complexity index is 3340. The fraction of sp³-hybridized carbons (Fsp3) is 0.0175. The Morgan fingerprint density at radius 3 is 1.76 bits per heavy atom. The topological polar surface area (TPSA) is 3.24 Å². The summed E-state index contributed by atoms with van der Waals surface area (Å²) in [5, 5.41) is 7.57. The number of fused-ring (bicyclic) bond motifs is 9. The van der Waals surface area contributed by atoms with Gasteiger partial charge in [0.05, 0.1) is 11.1 Å². The maximum Gasteiger partial charge on any atom is 0.0713 e. The predicted molar refractivity (Wildman–Crippen MR) is 252 cm³/mol. The van der Waals surface area contributed by atoms with Crippen LogP contribution in [0.4, 0.5) is 17.1 Å². The van der Waals surface area contributed by atoms with Crippen LogP contribution >= 0.6 is 11.3 Å². The molecular weight excluding hydrogens is 731 g/mol. The molecule has 0 radical (unpaired) electrons. The zero-order valence-corrected chi connectivity index (χ0v) is 33.0. The van der Waals surface area contributed by atoms with Crippen molar-refractivity contribution in [2.45, 2.75) is 5.41 Å². The van der Waals surface area contributed by atoms with Crippen molar-refractivity contribution in [1.82, 2.24) is 0 Å². The summed E-state index contributed by atoms with van der Waals surface area (Å²) in [4.78, 5) is 2.41. The number of hydrogen-bond acceptors (Lipinski definition) is 2. The van der Waals surface area contributed by atoms with Gasteiger partial charge in [0.15, 0.2) is 0 Å². The molecule has 0 amide bonds. The van der Waals surface area contributed by atoms with Gasteiger partial charge in [-0.1, -0.05) is 176 Å². The first-order valence-electron chi connectivity index (χ1n) is 20.3. The van der Waals surface area contributed by atoms with Crippen LogP contribution in [0.2, 0.25) is 0 Å². The number of nitrogens with zero attached hydrogens (tertiary/aromatic N) is 1. The Labute approximate surface area is 347 Å². The number of benzene rings is 10. The van der Waals surface area contributed by atoms with Crippen LogP contribution in [0.5, 0.6) is 0 Å². The van der Waals surface area contributed by atoms with Gasteiger partial charge in [0.25, 0.3) is 0 Å². The SMILES string of the molecule is c1ccc(N(c2ccc3sc4c5ccccc5c(-c5ccc6c(c5)C(c5ccccc5)(c5ccccc5)c5ccccc5-6)cc4c3c2)c2cccc3ccccc23)cc1. The Morgan fingerprint density at radius 2 is 0.983 bits per heavy atom. The summed E-state index contributed by atoms with van der Waals surface area (Å²) in [6.45, 7) is 0. The van der Waals surface area contributed by atoms with Gasteiger partial charge in [-0.05, 0) is 104 Å². The summed E-state index contributed by atoms with van der Waals surface area (Å²) < 4.78 is 2.61. The van der Waals surface area contributed by atoms with E-state index in [0.717, 1.165) is 11.4 Å². The van der Waals surface area contributed by atoms with Gasteiger partial charge in [-0.2, -0.15) is 0 Å². The number of para-hydroxylation sites is 1. The molecule has 0 saturated heterocycles. The molecule has 0 fully saturated rings. The zero-order valence-electron chi connectivity index (χ0n) is 32.2. The van der Waals surface area contributed by atoms with Crippen LogP contribution < -0.4 is 4.90 Å². The van der Waals surface area contributed by atoms with Crippen molar-refractivity contribution in [2.75, 3.05) is 4.90 Å². The average molecular weight is 768 g/mol. The lowest BCUT2D eigenvalue weighted by molar-refractivity contribution is 0.769. The monoisotopic (exact) mass is 767 g/mol. The third kappa shape index (κ3) is 5.10. The molecule has 59 heavy (non-hydrogen) atoms. The molecule has 276 valence electrons. The number of hydrogen-bond donors (Lipinski definition) is 0. The molecule has 12 rings (SSSR count). The predicted octanol–water partition coefficient (Wildman–Crippen LogP) is 15.9. The van der Waals surface area contributed by atoms with E-state index in [4.69, 9.17) is 0 Å². The smallest absolute Gasteiger partial charge is 0.0713 e. The molecule has 1 aliphatic carbocycles. The molecule has 1 nitrogen and oxygen atoms in total. The van der Waals surface area contributed by atoms with Crippen molar-refractivity contribution in [3.05, 3.63) is 247 Å². The molecule has 0 saturated carbocycles. The van der Waals surface area contributed by atoms with Gasteiger partial charge in [-0.15, -0.1) is 11.3 Å². The van der Waals surface area contributed by atoms with E-state index in [1.54, 1.807) is 0 Å². The van der Waals surface area contributed by atoms with Gasteiger partial charge in [-0.25, -0.2) is 0 Å². The lowest BCUT2D eigenvalue weighted by Gasteiger charge is -2.34. The average Bonchev–Trinajstić information content (AvgIpc) is 3.83. The summed E-state index contributed by atoms with van der Waals surface area (Å²) in [6, 6.07) is 83.0. The second-order valence-corrected chi connectivity index (χ2v) is 16.6. The minimum absolute atomic E-state index is 0.461. The fourth-order valence-corrected chi connectivity index (χ4v) is 11.2.